The lowest BCUT2D eigenvalue weighted by Gasteiger charge is -2.20. The summed E-state index contributed by atoms with van der Waals surface area (Å²) in [5, 5.41) is 0. The molecule has 1 aromatic carbocycles. The molecule has 0 aliphatic heterocycles. The fourth-order valence-corrected chi connectivity index (χ4v) is 1.80. The molecule has 0 aliphatic carbocycles. The van der Waals surface area contributed by atoms with Crippen LogP contribution in [0.2, 0.25) is 0 Å². The van der Waals surface area contributed by atoms with Crippen molar-refractivity contribution in [3.8, 4) is 0 Å². The fourth-order valence-electron chi connectivity index (χ4n) is 1.80. The first kappa shape index (κ1) is 11.5. The maximum atomic E-state index is 5.90. The van der Waals surface area contributed by atoms with E-state index in [-0.39, 0.29) is 0 Å². The lowest BCUT2D eigenvalue weighted by molar-refractivity contribution is 0.922. The van der Waals surface area contributed by atoms with Gasteiger partial charge in [-0.1, -0.05) is 29.8 Å². The normalized spacial score (nSPS) is 10.2. The standard InChI is InChI=1S/C14H17N3/c1-11-3-5-12(6-4-11)10-17(2)14-7-8-16-9-13(14)15/h3-9H,10,15H2,1-2H3. The van der Waals surface area contributed by atoms with Crippen molar-refractivity contribution < 1.29 is 0 Å². The number of nitrogen functional groups attached to an aromatic ring is 1. The molecule has 0 aliphatic rings. The van der Waals surface area contributed by atoms with E-state index in [1.54, 1.807) is 12.4 Å². The number of pyridine rings is 1. The molecule has 2 aromatic rings. The monoisotopic (exact) mass is 227 g/mol. The maximum Gasteiger partial charge on any atom is 0.0738 e. The van der Waals surface area contributed by atoms with Crippen LogP contribution in [0.25, 0.3) is 0 Å². The molecule has 3 nitrogen and oxygen atoms in total. The predicted octanol–water partition coefficient (Wildman–Crippen LogP) is 2.61. The van der Waals surface area contributed by atoms with Gasteiger partial charge in [-0.15, -0.1) is 0 Å². The van der Waals surface area contributed by atoms with E-state index in [9.17, 15) is 0 Å². The summed E-state index contributed by atoms with van der Waals surface area (Å²) in [5.74, 6) is 0. The third-order valence-corrected chi connectivity index (χ3v) is 2.78. The summed E-state index contributed by atoms with van der Waals surface area (Å²) in [4.78, 5) is 6.12. The highest BCUT2D eigenvalue weighted by Gasteiger charge is 2.05. The summed E-state index contributed by atoms with van der Waals surface area (Å²) >= 11 is 0. The molecule has 0 fully saturated rings. The first-order valence-corrected chi connectivity index (χ1v) is 5.63. The molecule has 88 valence electrons. The second-order valence-electron chi connectivity index (χ2n) is 4.28. The Labute approximate surface area is 102 Å². The molecule has 0 amide bonds. The van der Waals surface area contributed by atoms with Crippen molar-refractivity contribution in [1.29, 1.82) is 0 Å². The number of benzene rings is 1. The Hall–Kier alpha value is -2.03. The van der Waals surface area contributed by atoms with Crippen LogP contribution in [-0.4, -0.2) is 12.0 Å². The summed E-state index contributed by atoms with van der Waals surface area (Å²) in [7, 11) is 2.03. The number of nitrogens with two attached hydrogens (primary N) is 1. The summed E-state index contributed by atoms with van der Waals surface area (Å²) in [6.45, 7) is 2.93. The van der Waals surface area contributed by atoms with Crippen LogP contribution in [0.15, 0.2) is 42.7 Å². The molecule has 0 bridgehead atoms. The van der Waals surface area contributed by atoms with E-state index >= 15 is 0 Å². The first-order chi connectivity index (χ1) is 8.16. The highest BCUT2D eigenvalue weighted by atomic mass is 15.1. The average Bonchev–Trinajstić information content (AvgIpc) is 2.32. The Morgan fingerprint density at radius 2 is 1.88 bits per heavy atom. The second-order valence-corrected chi connectivity index (χ2v) is 4.28. The summed E-state index contributed by atoms with van der Waals surface area (Å²) in [5.41, 5.74) is 10.2. The minimum atomic E-state index is 0.710. The first-order valence-electron chi connectivity index (χ1n) is 5.63. The third kappa shape index (κ3) is 2.75. The van der Waals surface area contributed by atoms with Crippen molar-refractivity contribution >= 4 is 11.4 Å². The summed E-state index contributed by atoms with van der Waals surface area (Å²) < 4.78 is 0. The van der Waals surface area contributed by atoms with Crippen molar-refractivity contribution in [3.63, 3.8) is 0 Å². The van der Waals surface area contributed by atoms with Gasteiger partial charge in [0.25, 0.3) is 0 Å². The van der Waals surface area contributed by atoms with E-state index in [4.69, 9.17) is 5.73 Å². The number of anilines is 2. The highest BCUT2D eigenvalue weighted by Crippen LogP contribution is 2.21. The Morgan fingerprint density at radius 1 is 1.18 bits per heavy atom. The molecule has 0 saturated heterocycles. The number of hydrogen-bond donors (Lipinski definition) is 1. The molecule has 0 atom stereocenters. The van der Waals surface area contributed by atoms with E-state index < -0.39 is 0 Å². The third-order valence-electron chi connectivity index (χ3n) is 2.78. The van der Waals surface area contributed by atoms with Crippen LogP contribution in [-0.2, 0) is 6.54 Å². The molecule has 1 heterocycles. The highest BCUT2D eigenvalue weighted by molar-refractivity contribution is 5.65. The Bertz CT molecular complexity index is 491. The topological polar surface area (TPSA) is 42.2 Å². The SMILES string of the molecule is Cc1ccc(CN(C)c2ccncc2N)cc1. The minimum absolute atomic E-state index is 0.710. The number of hydrogen-bond acceptors (Lipinski definition) is 3. The van der Waals surface area contributed by atoms with E-state index in [1.165, 1.54) is 11.1 Å². The van der Waals surface area contributed by atoms with E-state index in [2.05, 4.69) is 41.1 Å². The van der Waals surface area contributed by atoms with Gasteiger partial charge in [-0.05, 0) is 18.6 Å². The predicted molar refractivity (Wildman–Crippen MR) is 71.9 cm³/mol. The summed E-state index contributed by atoms with van der Waals surface area (Å²) in [6, 6.07) is 10.5. The van der Waals surface area contributed by atoms with E-state index in [0.717, 1.165) is 12.2 Å². The van der Waals surface area contributed by atoms with Gasteiger partial charge in [-0.2, -0.15) is 0 Å². The molecule has 0 unspecified atom stereocenters. The van der Waals surface area contributed by atoms with Crippen LogP contribution in [0.5, 0.6) is 0 Å². The smallest absolute Gasteiger partial charge is 0.0738 e. The molecule has 2 rings (SSSR count). The zero-order valence-corrected chi connectivity index (χ0v) is 10.2. The molecular formula is C14H17N3. The zero-order chi connectivity index (χ0) is 12.3. The quantitative estimate of drug-likeness (QED) is 0.876. The van der Waals surface area contributed by atoms with Gasteiger partial charge in [0.15, 0.2) is 0 Å². The number of rotatable bonds is 3. The Balaban J connectivity index is 2.14. The van der Waals surface area contributed by atoms with Crippen molar-refractivity contribution in [2.75, 3.05) is 17.7 Å². The molecule has 0 radical (unpaired) electrons. The van der Waals surface area contributed by atoms with Gasteiger partial charge in [-0.3, -0.25) is 4.98 Å². The molecule has 0 spiro atoms. The van der Waals surface area contributed by atoms with E-state index in [1.807, 2.05) is 13.1 Å². The van der Waals surface area contributed by atoms with Crippen LogP contribution in [0.3, 0.4) is 0 Å². The molecule has 17 heavy (non-hydrogen) atoms. The zero-order valence-electron chi connectivity index (χ0n) is 10.2. The van der Waals surface area contributed by atoms with Gasteiger partial charge < -0.3 is 10.6 Å². The van der Waals surface area contributed by atoms with Gasteiger partial charge >= 0.3 is 0 Å². The molecule has 0 saturated carbocycles. The lowest BCUT2D eigenvalue weighted by Crippen LogP contribution is -2.17. The van der Waals surface area contributed by atoms with Gasteiger partial charge in [0.2, 0.25) is 0 Å². The van der Waals surface area contributed by atoms with Gasteiger partial charge in [-0.25, -0.2) is 0 Å². The second kappa shape index (κ2) is 4.87. The van der Waals surface area contributed by atoms with Crippen LogP contribution >= 0.6 is 0 Å². The van der Waals surface area contributed by atoms with Gasteiger partial charge in [0, 0.05) is 19.8 Å². The average molecular weight is 227 g/mol. The Morgan fingerprint density at radius 3 is 2.53 bits per heavy atom. The minimum Gasteiger partial charge on any atom is -0.396 e. The number of nitrogens with zero attached hydrogens (tertiary/aromatic N) is 2. The fraction of sp³-hybridized carbons (Fsp3) is 0.214. The van der Waals surface area contributed by atoms with Gasteiger partial charge in [0.05, 0.1) is 17.6 Å². The maximum absolute atomic E-state index is 5.90. The lowest BCUT2D eigenvalue weighted by atomic mass is 10.1. The Kier molecular flexibility index (Phi) is 3.28. The van der Waals surface area contributed by atoms with Crippen molar-refractivity contribution in [2.24, 2.45) is 0 Å². The van der Waals surface area contributed by atoms with Crippen LogP contribution in [0.1, 0.15) is 11.1 Å². The number of aromatic nitrogens is 1. The molecule has 3 heteroatoms. The van der Waals surface area contributed by atoms with Crippen LogP contribution < -0.4 is 10.6 Å². The summed E-state index contributed by atoms with van der Waals surface area (Å²) in [6.07, 6.45) is 3.44. The molecule has 1 aromatic heterocycles. The van der Waals surface area contributed by atoms with Crippen LogP contribution in [0.4, 0.5) is 11.4 Å². The molecular weight excluding hydrogens is 210 g/mol. The van der Waals surface area contributed by atoms with Crippen molar-refractivity contribution in [1.82, 2.24) is 4.98 Å². The van der Waals surface area contributed by atoms with Crippen LogP contribution in [0, 0.1) is 6.92 Å². The van der Waals surface area contributed by atoms with E-state index in [0.29, 0.717) is 5.69 Å². The number of aryl methyl sites for hydroxylation is 1. The van der Waals surface area contributed by atoms with Gasteiger partial charge in [0.1, 0.15) is 0 Å². The molecule has 2 N–H and O–H groups in total. The van der Waals surface area contributed by atoms with Crippen molar-refractivity contribution in [2.45, 2.75) is 13.5 Å². The largest absolute Gasteiger partial charge is 0.396 e. The van der Waals surface area contributed by atoms with Crippen molar-refractivity contribution in [3.05, 3.63) is 53.9 Å².